The Balaban J connectivity index is 2.68. The summed E-state index contributed by atoms with van der Waals surface area (Å²) >= 11 is 3.41. The molecule has 132 valence electrons. The highest BCUT2D eigenvalue weighted by Crippen LogP contribution is 2.44. The lowest BCUT2D eigenvalue weighted by molar-refractivity contribution is 0.466. The highest BCUT2D eigenvalue weighted by Gasteiger charge is 2.29. The maximum atomic E-state index is 10.3. The molecule has 0 unspecified atom stereocenters. The quantitative estimate of drug-likeness (QED) is 0.675. The first kappa shape index (κ1) is 19.3. The lowest BCUT2D eigenvalue weighted by Gasteiger charge is -2.29. The van der Waals surface area contributed by atoms with E-state index in [4.69, 9.17) is 0 Å². The number of phenolic OH excluding ortho intramolecular Hbond substituents is 1. The average molecular weight is 365 g/mol. The number of nitrogens with zero attached hydrogens (tertiary/aromatic N) is 2. The molecule has 3 nitrogen and oxygen atoms in total. The molecule has 1 aromatic heterocycles. The van der Waals surface area contributed by atoms with Crippen LogP contribution in [0.3, 0.4) is 0 Å². The zero-order valence-electron chi connectivity index (χ0n) is 15.7. The Bertz CT molecular complexity index is 674. The Kier molecular flexibility index (Phi) is 5.65. The number of rotatable bonds is 4. The van der Waals surface area contributed by atoms with E-state index < -0.39 is 0 Å². The SMILES string of the molecule is CCCSc1nnc(-c2c(C(C)(C)C)cc(O)cc2C(C)(C)C)s1. The molecular weight excluding hydrogens is 336 g/mol. The molecule has 0 aliphatic heterocycles. The molecule has 0 amide bonds. The van der Waals surface area contributed by atoms with Gasteiger partial charge in [0.25, 0.3) is 0 Å². The van der Waals surface area contributed by atoms with Crippen molar-refractivity contribution >= 4 is 23.1 Å². The Labute approximate surface area is 153 Å². The normalized spacial score (nSPS) is 12.6. The van der Waals surface area contributed by atoms with E-state index in [0.717, 1.165) is 38.2 Å². The van der Waals surface area contributed by atoms with E-state index in [1.54, 1.807) is 23.1 Å². The number of hydrogen-bond donors (Lipinski definition) is 1. The van der Waals surface area contributed by atoms with Crippen LogP contribution in [0, 0.1) is 0 Å². The summed E-state index contributed by atoms with van der Waals surface area (Å²) in [6.07, 6.45) is 1.12. The van der Waals surface area contributed by atoms with Gasteiger partial charge in [-0.05, 0) is 40.5 Å². The van der Waals surface area contributed by atoms with Crippen LogP contribution >= 0.6 is 23.1 Å². The van der Waals surface area contributed by atoms with Gasteiger partial charge in [-0.15, -0.1) is 10.2 Å². The number of aromatic nitrogens is 2. The van der Waals surface area contributed by atoms with Gasteiger partial charge in [0.2, 0.25) is 0 Å². The second-order valence-electron chi connectivity index (χ2n) is 8.14. The first-order valence-corrected chi connectivity index (χ1v) is 10.2. The molecular formula is C19H28N2OS2. The third-order valence-electron chi connectivity index (χ3n) is 3.79. The molecule has 0 saturated carbocycles. The molecule has 1 N–H and O–H groups in total. The Morgan fingerprint density at radius 1 is 1.00 bits per heavy atom. The van der Waals surface area contributed by atoms with Crippen LogP contribution in [-0.2, 0) is 10.8 Å². The van der Waals surface area contributed by atoms with Crippen LogP contribution in [0.2, 0.25) is 0 Å². The van der Waals surface area contributed by atoms with Crippen molar-refractivity contribution in [1.82, 2.24) is 10.2 Å². The van der Waals surface area contributed by atoms with E-state index >= 15 is 0 Å². The van der Waals surface area contributed by atoms with Crippen molar-refractivity contribution in [2.45, 2.75) is 70.1 Å². The predicted molar refractivity (Wildman–Crippen MR) is 105 cm³/mol. The highest BCUT2D eigenvalue weighted by atomic mass is 32.2. The van der Waals surface area contributed by atoms with Crippen LogP contribution in [0.15, 0.2) is 16.5 Å². The second-order valence-corrected chi connectivity index (χ2v) is 10.5. The molecule has 0 radical (unpaired) electrons. The van der Waals surface area contributed by atoms with Crippen LogP contribution in [-0.4, -0.2) is 21.1 Å². The molecule has 24 heavy (non-hydrogen) atoms. The first-order chi connectivity index (χ1) is 11.0. The van der Waals surface area contributed by atoms with E-state index in [9.17, 15) is 5.11 Å². The highest BCUT2D eigenvalue weighted by molar-refractivity contribution is 8.01. The maximum Gasteiger partial charge on any atom is 0.174 e. The first-order valence-electron chi connectivity index (χ1n) is 8.38. The van der Waals surface area contributed by atoms with Crippen LogP contribution in [0.1, 0.15) is 66.0 Å². The Morgan fingerprint density at radius 3 is 2.00 bits per heavy atom. The number of benzene rings is 1. The lowest BCUT2D eigenvalue weighted by Crippen LogP contribution is -2.19. The number of aromatic hydroxyl groups is 1. The smallest absolute Gasteiger partial charge is 0.174 e. The monoisotopic (exact) mass is 364 g/mol. The van der Waals surface area contributed by atoms with Crippen molar-refractivity contribution in [2.24, 2.45) is 0 Å². The van der Waals surface area contributed by atoms with Gasteiger partial charge in [0.05, 0.1) is 0 Å². The summed E-state index contributed by atoms with van der Waals surface area (Å²) in [5.41, 5.74) is 3.20. The number of phenols is 1. The molecule has 5 heteroatoms. The van der Waals surface area contributed by atoms with Crippen LogP contribution in [0.4, 0.5) is 0 Å². The van der Waals surface area contributed by atoms with Gasteiger partial charge in [-0.2, -0.15) is 0 Å². The van der Waals surface area contributed by atoms with Crippen molar-refractivity contribution in [3.8, 4) is 16.3 Å². The van der Waals surface area contributed by atoms with Gasteiger partial charge in [-0.3, -0.25) is 0 Å². The van der Waals surface area contributed by atoms with Crippen LogP contribution in [0.5, 0.6) is 5.75 Å². The van der Waals surface area contributed by atoms with Crippen LogP contribution in [0.25, 0.3) is 10.6 Å². The fourth-order valence-corrected chi connectivity index (χ4v) is 4.45. The Hall–Kier alpha value is -1.07. The van der Waals surface area contributed by atoms with E-state index in [2.05, 4.69) is 58.7 Å². The molecule has 0 fully saturated rings. The standard InChI is InChI=1S/C19H28N2OS2/c1-8-9-23-17-21-20-16(24-17)15-13(18(2,3)4)10-12(22)11-14(15)19(5,6)7/h10-11,22H,8-9H2,1-7H3. The Morgan fingerprint density at radius 2 is 1.54 bits per heavy atom. The molecule has 0 aliphatic carbocycles. The summed E-state index contributed by atoms with van der Waals surface area (Å²) in [6.45, 7) is 15.2. The summed E-state index contributed by atoms with van der Waals surface area (Å²) in [4.78, 5) is 0. The number of hydrogen-bond acceptors (Lipinski definition) is 5. The summed E-state index contributed by atoms with van der Waals surface area (Å²) in [7, 11) is 0. The zero-order chi connectivity index (χ0) is 18.1. The van der Waals surface area contributed by atoms with Gasteiger partial charge in [0.1, 0.15) is 10.8 Å². The van der Waals surface area contributed by atoms with E-state index in [1.807, 2.05) is 12.1 Å². The third kappa shape index (κ3) is 4.31. The second kappa shape index (κ2) is 7.04. The zero-order valence-corrected chi connectivity index (χ0v) is 17.4. The number of thioether (sulfide) groups is 1. The van der Waals surface area contributed by atoms with Gasteiger partial charge in [-0.1, -0.05) is 71.6 Å². The van der Waals surface area contributed by atoms with Crippen molar-refractivity contribution in [2.75, 3.05) is 5.75 Å². The fraction of sp³-hybridized carbons (Fsp3) is 0.579. The van der Waals surface area contributed by atoms with E-state index in [-0.39, 0.29) is 10.8 Å². The molecule has 0 aliphatic rings. The van der Waals surface area contributed by atoms with E-state index in [0.29, 0.717) is 5.75 Å². The maximum absolute atomic E-state index is 10.3. The van der Waals surface area contributed by atoms with Crippen molar-refractivity contribution in [3.05, 3.63) is 23.3 Å². The predicted octanol–water partition coefficient (Wildman–Crippen LogP) is 6.01. The van der Waals surface area contributed by atoms with Gasteiger partial charge in [0, 0.05) is 11.3 Å². The summed E-state index contributed by atoms with van der Waals surface area (Å²) in [5.74, 6) is 1.38. The largest absolute Gasteiger partial charge is 0.508 e. The summed E-state index contributed by atoms with van der Waals surface area (Å²) in [5, 5.41) is 20.1. The topological polar surface area (TPSA) is 46.0 Å². The minimum absolute atomic E-state index is 0.0868. The van der Waals surface area contributed by atoms with Gasteiger partial charge in [-0.25, -0.2) is 0 Å². The van der Waals surface area contributed by atoms with Crippen LogP contribution < -0.4 is 0 Å². The van der Waals surface area contributed by atoms with E-state index in [1.165, 1.54) is 0 Å². The fourth-order valence-electron chi connectivity index (χ4n) is 2.60. The van der Waals surface area contributed by atoms with Gasteiger partial charge < -0.3 is 5.11 Å². The van der Waals surface area contributed by atoms with Crippen molar-refractivity contribution in [3.63, 3.8) is 0 Å². The minimum Gasteiger partial charge on any atom is -0.508 e. The summed E-state index contributed by atoms with van der Waals surface area (Å²) in [6, 6.07) is 3.76. The molecule has 2 rings (SSSR count). The average Bonchev–Trinajstić information content (AvgIpc) is 2.90. The third-order valence-corrected chi connectivity index (χ3v) is 6.07. The molecule has 0 bridgehead atoms. The molecule has 2 aromatic rings. The molecule has 0 saturated heterocycles. The molecule has 0 spiro atoms. The van der Waals surface area contributed by atoms with Gasteiger partial charge in [0.15, 0.2) is 4.34 Å². The van der Waals surface area contributed by atoms with Crippen molar-refractivity contribution < 1.29 is 5.11 Å². The molecule has 1 heterocycles. The molecule has 0 atom stereocenters. The van der Waals surface area contributed by atoms with Crippen molar-refractivity contribution in [1.29, 1.82) is 0 Å². The molecule has 1 aromatic carbocycles. The van der Waals surface area contributed by atoms with Gasteiger partial charge >= 0.3 is 0 Å². The lowest BCUT2D eigenvalue weighted by atomic mass is 9.76. The summed E-state index contributed by atoms with van der Waals surface area (Å²) < 4.78 is 1.01. The minimum atomic E-state index is -0.0868.